The lowest BCUT2D eigenvalue weighted by molar-refractivity contribution is 0.0586. The van der Waals surface area contributed by atoms with E-state index in [4.69, 9.17) is 11.5 Å². The highest BCUT2D eigenvalue weighted by Crippen LogP contribution is 2.37. The summed E-state index contributed by atoms with van der Waals surface area (Å²) < 4.78 is 0. The van der Waals surface area contributed by atoms with Crippen molar-refractivity contribution in [3.63, 3.8) is 0 Å². The number of benzene rings is 2. The van der Waals surface area contributed by atoms with Crippen molar-refractivity contribution < 1.29 is 19.2 Å². The van der Waals surface area contributed by atoms with E-state index >= 15 is 0 Å². The molecule has 8 nitrogen and oxygen atoms in total. The van der Waals surface area contributed by atoms with Crippen molar-refractivity contribution >= 4 is 34.4 Å². The first-order valence-electron chi connectivity index (χ1n) is 10.2. The molecule has 0 saturated heterocycles. The third kappa shape index (κ3) is 3.00. The van der Waals surface area contributed by atoms with Gasteiger partial charge in [0.1, 0.15) is 0 Å². The van der Waals surface area contributed by atoms with Gasteiger partial charge in [0.05, 0.1) is 0 Å². The van der Waals surface area contributed by atoms with Gasteiger partial charge in [-0.05, 0) is 63.0 Å². The van der Waals surface area contributed by atoms with Crippen molar-refractivity contribution in [2.75, 3.05) is 26.2 Å². The number of carbonyl (C=O) groups excluding carboxylic acids is 4. The molecule has 4 amide bonds. The topological polar surface area (TPSA) is 127 Å². The van der Waals surface area contributed by atoms with E-state index in [1.165, 1.54) is 9.80 Å². The first-order valence-corrected chi connectivity index (χ1v) is 10.2. The molecule has 2 aromatic rings. The summed E-state index contributed by atoms with van der Waals surface area (Å²) in [5, 5.41) is 0.803. The van der Waals surface area contributed by atoms with Gasteiger partial charge in [-0.3, -0.25) is 29.0 Å². The smallest absolute Gasteiger partial charge is 0.261 e. The molecule has 0 aliphatic carbocycles. The van der Waals surface area contributed by atoms with Crippen molar-refractivity contribution in [1.82, 2.24) is 9.80 Å². The molecule has 156 valence electrons. The fourth-order valence-electron chi connectivity index (χ4n) is 4.21. The summed E-state index contributed by atoms with van der Waals surface area (Å²) in [7, 11) is 0. The van der Waals surface area contributed by atoms with E-state index in [0.29, 0.717) is 71.8 Å². The zero-order valence-electron chi connectivity index (χ0n) is 16.6. The van der Waals surface area contributed by atoms with Crippen LogP contribution in [0.1, 0.15) is 67.1 Å². The minimum Gasteiger partial charge on any atom is -0.330 e. The largest absolute Gasteiger partial charge is 0.330 e. The maximum Gasteiger partial charge on any atom is 0.261 e. The second kappa shape index (κ2) is 7.97. The van der Waals surface area contributed by atoms with E-state index in [1.807, 2.05) is 0 Å². The third-order valence-corrected chi connectivity index (χ3v) is 5.73. The number of carbonyl (C=O) groups is 4. The van der Waals surface area contributed by atoms with Crippen LogP contribution in [0.2, 0.25) is 0 Å². The van der Waals surface area contributed by atoms with Crippen molar-refractivity contribution in [1.29, 1.82) is 0 Å². The summed E-state index contributed by atoms with van der Waals surface area (Å²) in [6.45, 7) is 1.54. The molecule has 0 saturated carbocycles. The van der Waals surface area contributed by atoms with Crippen LogP contribution in [-0.2, 0) is 0 Å². The number of nitrogens with two attached hydrogens (primary N) is 2. The van der Waals surface area contributed by atoms with Crippen LogP contribution in [-0.4, -0.2) is 59.6 Å². The predicted molar refractivity (Wildman–Crippen MR) is 111 cm³/mol. The van der Waals surface area contributed by atoms with E-state index in [0.717, 1.165) is 0 Å². The Kier molecular flexibility index (Phi) is 5.36. The third-order valence-electron chi connectivity index (χ3n) is 5.73. The van der Waals surface area contributed by atoms with Crippen LogP contribution < -0.4 is 11.5 Å². The normalized spacial score (nSPS) is 15.5. The van der Waals surface area contributed by atoms with E-state index < -0.39 is 23.6 Å². The van der Waals surface area contributed by atoms with Crippen molar-refractivity contribution in [2.45, 2.75) is 25.7 Å². The Bertz CT molecular complexity index is 923. The van der Waals surface area contributed by atoms with Gasteiger partial charge < -0.3 is 11.5 Å². The van der Waals surface area contributed by atoms with Crippen molar-refractivity contribution in [3.05, 3.63) is 46.5 Å². The van der Waals surface area contributed by atoms with Gasteiger partial charge in [0.2, 0.25) is 0 Å². The molecule has 2 aromatic carbocycles. The number of nitrogens with zero attached hydrogens (tertiary/aromatic N) is 2. The fourth-order valence-corrected chi connectivity index (χ4v) is 4.21. The Balaban J connectivity index is 1.80. The number of amides is 4. The van der Waals surface area contributed by atoms with Crippen LogP contribution in [0, 0.1) is 0 Å². The first-order chi connectivity index (χ1) is 14.5. The molecule has 0 fully saturated rings. The van der Waals surface area contributed by atoms with Crippen LogP contribution in [0.3, 0.4) is 0 Å². The molecule has 2 aliphatic rings. The number of hydrogen-bond donors (Lipinski definition) is 2. The Morgan fingerprint density at radius 1 is 0.533 bits per heavy atom. The maximum atomic E-state index is 13.0. The van der Waals surface area contributed by atoms with Crippen LogP contribution in [0.25, 0.3) is 10.8 Å². The van der Waals surface area contributed by atoms with Crippen LogP contribution in [0.15, 0.2) is 24.3 Å². The maximum absolute atomic E-state index is 13.0. The highest BCUT2D eigenvalue weighted by molar-refractivity contribution is 6.33. The predicted octanol–water partition coefficient (Wildman–Crippen LogP) is 1.51. The molecular weight excluding hydrogens is 384 g/mol. The molecule has 0 spiro atoms. The van der Waals surface area contributed by atoms with E-state index in [1.54, 1.807) is 24.3 Å². The van der Waals surface area contributed by atoms with E-state index in [-0.39, 0.29) is 13.1 Å². The molecule has 0 radical (unpaired) electrons. The summed E-state index contributed by atoms with van der Waals surface area (Å²) in [4.78, 5) is 54.5. The van der Waals surface area contributed by atoms with E-state index in [9.17, 15) is 19.2 Å². The lowest BCUT2D eigenvalue weighted by Crippen LogP contribution is -2.43. The molecule has 0 atom stereocenters. The Morgan fingerprint density at radius 2 is 0.833 bits per heavy atom. The van der Waals surface area contributed by atoms with Crippen LogP contribution in [0.5, 0.6) is 0 Å². The van der Waals surface area contributed by atoms with Crippen molar-refractivity contribution in [2.24, 2.45) is 11.5 Å². The second-order valence-electron chi connectivity index (χ2n) is 7.59. The number of hydrogen-bond acceptors (Lipinski definition) is 6. The standard InChI is InChI=1S/C22H24N4O4/c23-9-1-3-11-25-19(27)13-5-7-15-18-16(8-6-14(17(13)18)20(25)28)22(30)26(21(15)29)12-4-2-10-24/h5-8H,1-4,9-12,23-24H2. The SMILES string of the molecule is NCCCCN1C(=O)c2ccc3c4c(ccc(c24)C1=O)C(=O)N(CCCCN)C3=O. The summed E-state index contributed by atoms with van der Waals surface area (Å²) >= 11 is 0. The highest BCUT2D eigenvalue weighted by Gasteiger charge is 2.39. The van der Waals surface area contributed by atoms with Crippen molar-refractivity contribution in [3.8, 4) is 0 Å². The Labute approximate surface area is 173 Å². The molecule has 4 N–H and O–H groups in total. The molecule has 0 bridgehead atoms. The van der Waals surface area contributed by atoms with Gasteiger partial charge in [0.15, 0.2) is 0 Å². The van der Waals surface area contributed by atoms with E-state index in [2.05, 4.69) is 0 Å². The lowest BCUT2D eigenvalue weighted by atomic mass is 9.86. The van der Waals surface area contributed by atoms with Gasteiger partial charge in [-0.1, -0.05) is 0 Å². The Hall–Kier alpha value is -3.10. The van der Waals surface area contributed by atoms with Gasteiger partial charge in [-0.2, -0.15) is 0 Å². The fraction of sp³-hybridized carbons (Fsp3) is 0.364. The minimum atomic E-state index is -0.404. The number of unbranched alkanes of at least 4 members (excludes halogenated alkanes) is 2. The average molecular weight is 408 g/mol. The molecule has 0 unspecified atom stereocenters. The van der Waals surface area contributed by atoms with Gasteiger partial charge in [-0.25, -0.2) is 0 Å². The number of rotatable bonds is 8. The average Bonchev–Trinajstić information content (AvgIpc) is 2.75. The van der Waals surface area contributed by atoms with Gasteiger partial charge >= 0.3 is 0 Å². The lowest BCUT2D eigenvalue weighted by Gasteiger charge is -2.32. The second-order valence-corrected chi connectivity index (χ2v) is 7.59. The molecule has 0 aromatic heterocycles. The van der Waals surface area contributed by atoms with Crippen LogP contribution >= 0.6 is 0 Å². The number of imide groups is 2. The molecule has 4 rings (SSSR count). The van der Waals surface area contributed by atoms with Gasteiger partial charge in [-0.15, -0.1) is 0 Å². The molecular formula is C22H24N4O4. The summed E-state index contributed by atoms with van der Waals surface area (Å²) in [6, 6.07) is 6.34. The minimum absolute atomic E-state index is 0.284. The summed E-state index contributed by atoms with van der Waals surface area (Å²) in [5.41, 5.74) is 12.4. The Morgan fingerprint density at radius 3 is 1.10 bits per heavy atom. The monoisotopic (exact) mass is 408 g/mol. The summed E-state index contributed by atoms with van der Waals surface area (Å²) in [5.74, 6) is -1.62. The molecule has 8 heteroatoms. The highest BCUT2D eigenvalue weighted by atomic mass is 16.2. The molecule has 2 heterocycles. The van der Waals surface area contributed by atoms with Gasteiger partial charge in [0, 0.05) is 46.1 Å². The first kappa shape index (κ1) is 20.2. The van der Waals surface area contributed by atoms with Gasteiger partial charge in [0.25, 0.3) is 23.6 Å². The zero-order chi connectivity index (χ0) is 21.4. The quantitative estimate of drug-likeness (QED) is 0.503. The zero-order valence-corrected chi connectivity index (χ0v) is 16.6. The molecule has 30 heavy (non-hydrogen) atoms. The summed E-state index contributed by atoms with van der Waals surface area (Å²) in [6.07, 6.45) is 2.66. The van der Waals surface area contributed by atoms with Crippen LogP contribution in [0.4, 0.5) is 0 Å². The molecule has 2 aliphatic heterocycles.